The van der Waals surface area contributed by atoms with Gasteiger partial charge in [0.1, 0.15) is 0 Å². The van der Waals surface area contributed by atoms with Gasteiger partial charge in [0, 0.05) is 12.3 Å². The highest BCUT2D eigenvalue weighted by Gasteiger charge is 2.19. The monoisotopic (exact) mass is 356 g/mol. The number of aryl methyl sites for hydroxylation is 2. The molecule has 3 rings (SSSR count). The average Bonchev–Trinajstić information content (AvgIpc) is 2.91. The Labute approximate surface area is 149 Å². The van der Waals surface area contributed by atoms with Gasteiger partial charge in [0.25, 0.3) is 5.56 Å². The summed E-state index contributed by atoms with van der Waals surface area (Å²) >= 11 is 1.51. The highest BCUT2D eigenvalue weighted by molar-refractivity contribution is 7.99. The lowest BCUT2D eigenvalue weighted by Gasteiger charge is -2.11. The van der Waals surface area contributed by atoms with E-state index in [0.717, 1.165) is 11.1 Å². The number of aromatic amines is 1. The number of nitrogens with zero attached hydrogens (tertiary/aromatic N) is 3. The molecule has 0 saturated carbocycles. The minimum atomic E-state index is -0.467. The first-order valence-corrected chi connectivity index (χ1v) is 8.83. The SMILES string of the molecule is C=CC(C)Sc1nc2c(c(=O)[nH]c(=O)n2C)n1Cc1cccc(C)c1. The normalized spacial score (nSPS) is 12.4. The van der Waals surface area contributed by atoms with Crippen molar-refractivity contribution in [3.05, 3.63) is 68.9 Å². The molecule has 0 bridgehead atoms. The third kappa shape index (κ3) is 3.32. The van der Waals surface area contributed by atoms with Crippen LogP contribution in [-0.4, -0.2) is 24.4 Å². The lowest BCUT2D eigenvalue weighted by atomic mass is 10.1. The van der Waals surface area contributed by atoms with Crippen LogP contribution in [0.1, 0.15) is 18.1 Å². The molecule has 0 aliphatic heterocycles. The standard InChI is InChI=1S/C18H20N4O2S/c1-5-12(3)25-18-19-15-14(16(23)20-17(24)21(15)4)22(18)10-13-8-6-7-11(2)9-13/h5-9,12H,1,10H2,2-4H3,(H,20,23,24). The predicted molar refractivity (Wildman–Crippen MR) is 101 cm³/mol. The second-order valence-electron chi connectivity index (χ2n) is 6.02. The van der Waals surface area contributed by atoms with Gasteiger partial charge in [-0.1, -0.05) is 47.7 Å². The molecule has 1 N–H and O–H groups in total. The molecule has 0 aliphatic rings. The first-order chi connectivity index (χ1) is 11.9. The molecule has 0 aliphatic carbocycles. The third-order valence-corrected chi connectivity index (χ3v) is 5.11. The molecule has 0 saturated heterocycles. The summed E-state index contributed by atoms with van der Waals surface area (Å²) in [5.41, 5.74) is 2.13. The van der Waals surface area contributed by atoms with Gasteiger partial charge in [-0.3, -0.25) is 14.3 Å². The molecule has 6 nitrogen and oxygen atoms in total. The van der Waals surface area contributed by atoms with Crippen LogP contribution in [0.15, 0.2) is 51.7 Å². The van der Waals surface area contributed by atoms with Gasteiger partial charge in [-0.25, -0.2) is 9.78 Å². The van der Waals surface area contributed by atoms with E-state index in [1.807, 2.05) is 42.7 Å². The van der Waals surface area contributed by atoms with Crippen LogP contribution in [0.3, 0.4) is 0 Å². The zero-order valence-electron chi connectivity index (χ0n) is 14.4. The number of nitrogens with one attached hydrogen (secondary N) is 1. The van der Waals surface area contributed by atoms with Crippen molar-refractivity contribution >= 4 is 22.9 Å². The van der Waals surface area contributed by atoms with Crippen molar-refractivity contribution in [1.82, 2.24) is 19.1 Å². The van der Waals surface area contributed by atoms with Gasteiger partial charge >= 0.3 is 5.69 Å². The summed E-state index contributed by atoms with van der Waals surface area (Å²) in [6.07, 6.45) is 1.82. The zero-order valence-corrected chi connectivity index (χ0v) is 15.3. The first kappa shape index (κ1) is 17.3. The fourth-order valence-electron chi connectivity index (χ4n) is 2.66. The number of rotatable bonds is 5. The number of aromatic nitrogens is 4. The van der Waals surface area contributed by atoms with Crippen LogP contribution in [0.25, 0.3) is 11.2 Å². The molecular weight excluding hydrogens is 336 g/mol. The maximum absolute atomic E-state index is 12.4. The molecule has 1 unspecified atom stereocenters. The number of H-pyrrole nitrogens is 1. The Balaban J connectivity index is 2.24. The van der Waals surface area contributed by atoms with E-state index in [0.29, 0.717) is 22.9 Å². The van der Waals surface area contributed by atoms with E-state index in [9.17, 15) is 9.59 Å². The van der Waals surface area contributed by atoms with E-state index in [-0.39, 0.29) is 5.25 Å². The van der Waals surface area contributed by atoms with Crippen molar-refractivity contribution in [3.63, 3.8) is 0 Å². The molecule has 7 heteroatoms. The van der Waals surface area contributed by atoms with E-state index in [2.05, 4.69) is 22.6 Å². The van der Waals surface area contributed by atoms with Crippen molar-refractivity contribution in [2.75, 3.05) is 0 Å². The van der Waals surface area contributed by atoms with Crippen molar-refractivity contribution in [1.29, 1.82) is 0 Å². The molecular formula is C18H20N4O2S. The number of thioether (sulfide) groups is 1. The van der Waals surface area contributed by atoms with Gasteiger partial charge in [0.05, 0.1) is 6.54 Å². The van der Waals surface area contributed by atoms with E-state index in [4.69, 9.17) is 0 Å². The van der Waals surface area contributed by atoms with Gasteiger partial charge in [0.15, 0.2) is 16.3 Å². The topological polar surface area (TPSA) is 72.7 Å². The van der Waals surface area contributed by atoms with Crippen LogP contribution in [-0.2, 0) is 13.6 Å². The van der Waals surface area contributed by atoms with Gasteiger partial charge in [0.2, 0.25) is 0 Å². The zero-order chi connectivity index (χ0) is 18.1. The van der Waals surface area contributed by atoms with Gasteiger partial charge < -0.3 is 4.57 Å². The third-order valence-electron chi connectivity index (χ3n) is 4.02. The molecule has 0 fully saturated rings. The summed E-state index contributed by atoms with van der Waals surface area (Å²) in [5, 5.41) is 0.819. The first-order valence-electron chi connectivity index (χ1n) is 7.95. The molecule has 130 valence electrons. The quantitative estimate of drug-likeness (QED) is 0.563. The molecule has 2 aromatic heterocycles. The molecule has 0 radical (unpaired) electrons. The number of imidazole rings is 1. The van der Waals surface area contributed by atoms with Crippen LogP contribution in [0.2, 0.25) is 0 Å². The highest BCUT2D eigenvalue weighted by Crippen LogP contribution is 2.26. The van der Waals surface area contributed by atoms with Gasteiger partial charge in [-0.15, -0.1) is 6.58 Å². The Morgan fingerprint density at radius 1 is 1.40 bits per heavy atom. The average molecular weight is 356 g/mol. The van der Waals surface area contributed by atoms with E-state index in [1.54, 1.807) is 7.05 Å². The Morgan fingerprint density at radius 2 is 2.16 bits per heavy atom. The lowest BCUT2D eigenvalue weighted by molar-refractivity contribution is 0.726. The molecule has 0 amide bonds. The molecule has 1 aromatic carbocycles. The molecule has 0 spiro atoms. The van der Waals surface area contributed by atoms with Crippen molar-refractivity contribution in [2.24, 2.45) is 7.05 Å². The van der Waals surface area contributed by atoms with Crippen LogP contribution in [0.4, 0.5) is 0 Å². The van der Waals surface area contributed by atoms with Crippen LogP contribution < -0.4 is 11.2 Å². The maximum Gasteiger partial charge on any atom is 0.329 e. The highest BCUT2D eigenvalue weighted by atomic mass is 32.2. The summed E-state index contributed by atoms with van der Waals surface area (Å²) in [7, 11) is 1.61. The minimum Gasteiger partial charge on any atom is -0.309 e. The number of hydrogen-bond donors (Lipinski definition) is 1. The summed E-state index contributed by atoms with van der Waals surface area (Å²) in [5.74, 6) is 0. The Morgan fingerprint density at radius 3 is 2.84 bits per heavy atom. The largest absolute Gasteiger partial charge is 0.329 e. The number of fused-ring (bicyclic) bond motifs is 1. The van der Waals surface area contributed by atoms with E-state index < -0.39 is 11.2 Å². The second kappa shape index (κ2) is 6.76. The summed E-state index contributed by atoms with van der Waals surface area (Å²) < 4.78 is 3.24. The fourth-order valence-corrected chi connectivity index (χ4v) is 3.51. The Bertz CT molecular complexity index is 1060. The lowest BCUT2D eigenvalue weighted by Crippen LogP contribution is -2.29. The second-order valence-corrected chi connectivity index (χ2v) is 7.36. The number of benzene rings is 1. The van der Waals surface area contributed by atoms with Crippen molar-refractivity contribution in [3.8, 4) is 0 Å². The maximum atomic E-state index is 12.4. The summed E-state index contributed by atoms with van der Waals surface area (Å²) in [6, 6.07) is 8.11. The number of hydrogen-bond acceptors (Lipinski definition) is 4. The molecule has 3 aromatic rings. The predicted octanol–water partition coefficient (Wildman–Crippen LogP) is 2.45. The Kier molecular flexibility index (Phi) is 4.67. The molecule has 25 heavy (non-hydrogen) atoms. The van der Waals surface area contributed by atoms with Crippen LogP contribution in [0.5, 0.6) is 0 Å². The summed E-state index contributed by atoms with van der Waals surface area (Å²) in [6.45, 7) is 8.35. The van der Waals surface area contributed by atoms with E-state index in [1.165, 1.54) is 16.3 Å². The minimum absolute atomic E-state index is 0.129. The smallest absolute Gasteiger partial charge is 0.309 e. The van der Waals surface area contributed by atoms with E-state index >= 15 is 0 Å². The van der Waals surface area contributed by atoms with Crippen molar-refractivity contribution in [2.45, 2.75) is 30.8 Å². The molecule has 1 atom stereocenters. The van der Waals surface area contributed by atoms with Crippen molar-refractivity contribution < 1.29 is 0 Å². The fraction of sp³-hybridized carbons (Fsp3) is 0.278. The van der Waals surface area contributed by atoms with Crippen LogP contribution >= 0.6 is 11.8 Å². The summed E-state index contributed by atoms with van der Waals surface area (Å²) in [4.78, 5) is 31.3. The van der Waals surface area contributed by atoms with Gasteiger partial charge in [-0.05, 0) is 19.4 Å². The Hall–Kier alpha value is -2.54. The van der Waals surface area contributed by atoms with Crippen LogP contribution in [0, 0.1) is 6.92 Å². The molecule has 2 heterocycles. The van der Waals surface area contributed by atoms with Gasteiger partial charge in [-0.2, -0.15) is 0 Å².